The Bertz CT molecular complexity index is 1140. The second-order valence-electron chi connectivity index (χ2n) is 19.5. The Kier molecular flexibility index (Phi) is 45.3. The molecule has 0 rings (SSSR count). The first kappa shape index (κ1) is 61.5. The number of carbonyl (C=O) groups excluding carboxylic acids is 3. The third-order valence-electron chi connectivity index (χ3n) is 12.3. The van der Waals surface area contributed by atoms with Crippen LogP contribution in [0.4, 0.5) is 0 Å². The summed E-state index contributed by atoms with van der Waals surface area (Å²) >= 11 is 0. The number of allylic oxidation sites excluding steroid dienone is 6. The zero-order valence-electron chi connectivity index (χ0n) is 42.7. The molecule has 0 aromatic heterocycles. The van der Waals surface area contributed by atoms with E-state index in [4.69, 9.17) is 14.2 Å². The molecule has 0 saturated heterocycles. The van der Waals surface area contributed by atoms with Crippen LogP contribution in [0.3, 0.4) is 0 Å². The van der Waals surface area contributed by atoms with Gasteiger partial charge in [0.05, 0.1) is 40.3 Å². The monoisotopic (exact) mass is 902 g/mol. The van der Waals surface area contributed by atoms with Gasteiger partial charge in [-0.2, -0.15) is 0 Å². The van der Waals surface area contributed by atoms with Crippen molar-refractivity contribution >= 4 is 17.9 Å². The lowest BCUT2D eigenvalue weighted by Crippen LogP contribution is -2.55. The minimum Gasteiger partial charge on any atom is -0.544 e. The maximum absolute atomic E-state index is 12.8. The van der Waals surface area contributed by atoms with E-state index in [-0.39, 0.29) is 42.7 Å². The first-order chi connectivity index (χ1) is 31.1. The number of hydrogen-bond acceptors (Lipinski definition) is 7. The van der Waals surface area contributed by atoms with Crippen molar-refractivity contribution in [2.75, 3.05) is 41.0 Å². The number of hydrogen-bond donors (Lipinski definition) is 0. The fourth-order valence-electron chi connectivity index (χ4n) is 8.13. The number of likely N-dealkylation sites (N-methyl/N-ethyl adjacent to an activating group) is 1. The molecule has 374 valence electrons. The van der Waals surface area contributed by atoms with Crippen molar-refractivity contribution in [3.63, 3.8) is 0 Å². The molecule has 0 amide bonds. The number of ether oxygens (including phenoxy) is 3. The Morgan fingerprint density at radius 1 is 0.469 bits per heavy atom. The molecule has 8 heteroatoms. The first-order valence-corrected chi connectivity index (χ1v) is 27.0. The van der Waals surface area contributed by atoms with Crippen molar-refractivity contribution in [1.82, 2.24) is 0 Å². The molecule has 0 aromatic rings. The number of unbranched alkanes of at least 4 members (excludes halogenated alkanes) is 31. The van der Waals surface area contributed by atoms with E-state index in [2.05, 4.69) is 50.3 Å². The molecule has 0 fully saturated rings. The van der Waals surface area contributed by atoms with Crippen LogP contribution in [0.2, 0.25) is 0 Å². The third kappa shape index (κ3) is 44.7. The van der Waals surface area contributed by atoms with E-state index in [1.807, 2.05) is 0 Å². The van der Waals surface area contributed by atoms with Crippen LogP contribution in [-0.2, 0) is 28.6 Å². The van der Waals surface area contributed by atoms with Gasteiger partial charge in [-0.1, -0.05) is 230 Å². The lowest BCUT2D eigenvalue weighted by molar-refractivity contribution is -0.889. The minimum absolute atomic E-state index is 0.0371. The van der Waals surface area contributed by atoms with E-state index < -0.39 is 18.1 Å². The van der Waals surface area contributed by atoms with Crippen molar-refractivity contribution in [2.45, 2.75) is 264 Å². The zero-order valence-corrected chi connectivity index (χ0v) is 42.7. The van der Waals surface area contributed by atoms with E-state index in [1.165, 1.54) is 154 Å². The van der Waals surface area contributed by atoms with Gasteiger partial charge in [-0.25, -0.2) is 0 Å². The SMILES string of the molecule is CCCCCCC/C=C/C=C/C=C/CCCCCCCC(=O)OCC(COCCC(C(=O)[O-])[N+](C)(C)C)OC(=O)CCCCCCCCCCCCCCCCCCCCCCCC. The maximum Gasteiger partial charge on any atom is 0.306 e. The van der Waals surface area contributed by atoms with Gasteiger partial charge in [0.15, 0.2) is 6.10 Å². The summed E-state index contributed by atoms with van der Waals surface area (Å²) in [5, 5.41) is 11.7. The van der Waals surface area contributed by atoms with Crippen LogP contribution in [0.15, 0.2) is 36.5 Å². The molecule has 0 aliphatic rings. The number of rotatable bonds is 49. The van der Waals surface area contributed by atoms with Gasteiger partial charge in [0.1, 0.15) is 12.6 Å². The molecule has 0 heterocycles. The average Bonchev–Trinajstić information content (AvgIpc) is 3.26. The number of carbonyl (C=O) groups is 3. The lowest BCUT2D eigenvalue weighted by atomic mass is 10.0. The van der Waals surface area contributed by atoms with Gasteiger partial charge in [-0.15, -0.1) is 0 Å². The Labute approximate surface area is 395 Å². The number of quaternary nitrogens is 1. The normalized spacial score (nSPS) is 13.1. The second kappa shape index (κ2) is 47.1. The number of carboxylic acid groups (broad SMARTS) is 1. The summed E-state index contributed by atoms with van der Waals surface area (Å²) in [7, 11) is 5.42. The van der Waals surface area contributed by atoms with Crippen LogP contribution in [0.25, 0.3) is 0 Å². The molecule has 0 aromatic carbocycles. The summed E-state index contributed by atoms with van der Waals surface area (Å²) in [6, 6.07) is -0.728. The fraction of sp³-hybridized carbons (Fsp3) is 0.839. The second-order valence-corrected chi connectivity index (χ2v) is 19.5. The Balaban J connectivity index is 4.22. The van der Waals surface area contributed by atoms with Crippen molar-refractivity contribution in [3.05, 3.63) is 36.5 Å². The number of aliphatic carboxylic acids is 1. The average molecular weight is 902 g/mol. The maximum atomic E-state index is 12.8. The highest BCUT2D eigenvalue weighted by atomic mass is 16.6. The van der Waals surface area contributed by atoms with Crippen molar-refractivity contribution in [1.29, 1.82) is 0 Å². The molecule has 0 saturated carbocycles. The molecule has 2 atom stereocenters. The van der Waals surface area contributed by atoms with Gasteiger partial charge in [0.2, 0.25) is 0 Å². The topological polar surface area (TPSA) is 102 Å². The predicted octanol–water partition coefficient (Wildman–Crippen LogP) is 14.4. The van der Waals surface area contributed by atoms with Gasteiger partial charge >= 0.3 is 11.9 Å². The van der Waals surface area contributed by atoms with Gasteiger partial charge < -0.3 is 28.6 Å². The molecular weight excluding hydrogens is 799 g/mol. The standard InChI is InChI=1S/C56H103NO7/c1-6-8-10-12-14-16-18-20-22-24-26-27-28-29-31-33-35-37-39-41-43-45-47-55(59)64-52(50-62-49-48-53(56(60)61)57(3,4)5)51-63-54(58)46-44-42-40-38-36-34-32-30-25-23-21-19-17-15-13-11-9-7-2/h19,21,23,25,30,32,52-53H,6-18,20,22,24,26-29,31,33-51H2,1-5H3/b21-19+,25-23+,32-30+. The van der Waals surface area contributed by atoms with Crippen LogP contribution in [-0.4, -0.2) is 75.5 Å². The molecule has 0 spiro atoms. The number of esters is 2. The molecule has 0 aliphatic heterocycles. The molecule has 8 nitrogen and oxygen atoms in total. The van der Waals surface area contributed by atoms with E-state index in [0.29, 0.717) is 12.8 Å². The van der Waals surface area contributed by atoms with Gasteiger partial charge in [-0.3, -0.25) is 9.59 Å². The third-order valence-corrected chi connectivity index (χ3v) is 12.3. The summed E-state index contributed by atoms with van der Waals surface area (Å²) in [5.41, 5.74) is 0. The fourth-order valence-corrected chi connectivity index (χ4v) is 8.13. The zero-order chi connectivity index (χ0) is 47.0. The van der Waals surface area contributed by atoms with Crippen LogP contribution in [0.1, 0.15) is 251 Å². The van der Waals surface area contributed by atoms with Crippen molar-refractivity contribution in [2.24, 2.45) is 0 Å². The highest BCUT2D eigenvalue weighted by Crippen LogP contribution is 2.17. The summed E-state index contributed by atoms with van der Waals surface area (Å²) < 4.78 is 17.3. The molecule has 0 N–H and O–H groups in total. The smallest absolute Gasteiger partial charge is 0.306 e. The van der Waals surface area contributed by atoms with Crippen LogP contribution < -0.4 is 5.11 Å². The number of carboxylic acids is 1. The molecular formula is C56H103NO7. The molecule has 64 heavy (non-hydrogen) atoms. The van der Waals surface area contributed by atoms with E-state index in [1.54, 1.807) is 21.1 Å². The van der Waals surface area contributed by atoms with Crippen LogP contribution in [0, 0.1) is 0 Å². The lowest BCUT2D eigenvalue weighted by Gasteiger charge is -2.34. The largest absolute Gasteiger partial charge is 0.544 e. The van der Waals surface area contributed by atoms with Gasteiger partial charge in [0.25, 0.3) is 0 Å². The Hall–Kier alpha value is -2.45. The van der Waals surface area contributed by atoms with E-state index in [0.717, 1.165) is 64.2 Å². The molecule has 0 bridgehead atoms. The predicted molar refractivity (Wildman–Crippen MR) is 268 cm³/mol. The summed E-state index contributed by atoms with van der Waals surface area (Å²) in [6.45, 7) is 4.67. The minimum atomic E-state index is -1.13. The molecule has 2 unspecified atom stereocenters. The van der Waals surface area contributed by atoms with E-state index >= 15 is 0 Å². The number of nitrogens with zero attached hydrogens (tertiary/aromatic N) is 1. The highest BCUT2D eigenvalue weighted by Gasteiger charge is 2.25. The van der Waals surface area contributed by atoms with E-state index in [9.17, 15) is 19.5 Å². The Morgan fingerprint density at radius 2 is 0.828 bits per heavy atom. The van der Waals surface area contributed by atoms with Crippen molar-refractivity contribution in [3.8, 4) is 0 Å². The molecule has 0 aliphatic carbocycles. The Morgan fingerprint density at radius 3 is 1.20 bits per heavy atom. The summed E-state index contributed by atoms with van der Waals surface area (Å²) in [5.74, 6) is -1.74. The van der Waals surface area contributed by atoms with Crippen LogP contribution in [0.5, 0.6) is 0 Å². The van der Waals surface area contributed by atoms with Crippen molar-refractivity contribution < 1.29 is 38.2 Å². The van der Waals surface area contributed by atoms with Crippen LogP contribution >= 0.6 is 0 Å². The van der Waals surface area contributed by atoms with Gasteiger partial charge in [0, 0.05) is 19.3 Å². The van der Waals surface area contributed by atoms with Gasteiger partial charge in [-0.05, 0) is 38.5 Å². The first-order valence-electron chi connectivity index (χ1n) is 27.0. The summed E-state index contributed by atoms with van der Waals surface area (Å²) in [6.07, 6.45) is 56.1. The highest BCUT2D eigenvalue weighted by molar-refractivity contribution is 5.70. The summed E-state index contributed by atoms with van der Waals surface area (Å²) in [4.78, 5) is 37.1. The quantitative estimate of drug-likeness (QED) is 0.0259. The molecule has 0 radical (unpaired) electrons.